The highest BCUT2D eigenvalue weighted by Crippen LogP contribution is 2.35. The van der Waals surface area contributed by atoms with E-state index in [4.69, 9.17) is 10.5 Å². The van der Waals surface area contributed by atoms with E-state index in [0.717, 1.165) is 11.6 Å². The van der Waals surface area contributed by atoms with Crippen molar-refractivity contribution in [3.8, 4) is 0 Å². The van der Waals surface area contributed by atoms with Crippen molar-refractivity contribution in [3.05, 3.63) is 23.8 Å². The summed E-state index contributed by atoms with van der Waals surface area (Å²) >= 11 is 0. The molecule has 0 spiro atoms. The zero-order valence-electron chi connectivity index (χ0n) is 10.9. The Kier molecular flexibility index (Phi) is 3.75. The lowest BCUT2D eigenvalue weighted by molar-refractivity contribution is 0.0527. The molecule has 18 heavy (non-hydrogen) atoms. The van der Waals surface area contributed by atoms with Gasteiger partial charge in [0.25, 0.3) is 0 Å². The number of benzene rings is 1. The van der Waals surface area contributed by atoms with Crippen molar-refractivity contribution in [2.75, 3.05) is 17.7 Å². The number of hydrogen-bond donors (Lipinski definition) is 2. The summed E-state index contributed by atoms with van der Waals surface area (Å²) in [5.74, 6) is 0.369. The summed E-state index contributed by atoms with van der Waals surface area (Å²) in [6.45, 7) is 4.29. The van der Waals surface area contributed by atoms with Gasteiger partial charge in [0.05, 0.1) is 23.5 Å². The largest absolute Gasteiger partial charge is 0.462 e. The van der Waals surface area contributed by atoms with Crippen LogP contribution in [0.4, 0.5) is 11.4 Å². The highest BCUT2D eigenvalue weighted by atomic mass is 16.5. The summed E-state index contributed by atoms with van der Waals surface area (Å²) in [7, 11) is 0. The van der Waals surface area contributed by atoms with E-state index in [-0.39, 0.29) is 5.97 Å². The van der Waals surface area contributed by atoms with Crippen LogP contribution in [0, 0.1) is 5.92 Å². The number of hydrogen-bond acceptors (Lipinski definition) is 4. The third-order valence-electron chi connectivity index (χ3n) is 3.31. The first kappa shape index (κ1) is 12.7. The second-order valence-corrected chi connectivity index (χ2v) is 4.76. The fraction of sp³-hybridized carbons (Fsp3) is 0.500. The van der Waals surface area contributed by atoms with E-state index >= 15 is 0 Å². The number of carbonyl (C=O) groups excluding carboxylic acids is 1. The first-order valence-electron chi connectivity index (χ1n) is 6.45. The molecule has 1 aromatic rings. The Balaban J connectivity index is 2.15. The van der Waals surface area contributed by atoms with Crippen molar-refractivity contribution in [2.24, 2.45) is 5.92 Å². The third-order valence-corrected chi connectivity index (χ3v) is 3.31. The van der Waals surface area contributed by atoms with Crippen LogP contribution in [-0.2, 0) is 4.74 Å². The molecule has 1 aliphatic carbocycles. The zero-order chi connectivity index (χ0) is 13.1. The molecule has 0 bridgehead atoms. The van der Waals surface area contributed by atoms with Crippen LogP contribution in [0.3, 0.4) is 0 Å². The van der Waals surface area contributed by atoms with E-state index in [0.29, 0.717) is 23.9 Å². The molecule has 1 atom stereocenters. The van der Waals surface area contributed by atoms with Crippen LogP contribution in [-0.4, -0.2) is 18.6 Å². The lowest BCUT2D eigenvalue weighted by Gasteiger charge is -2.17. The highest BCUT2D eigenvalue weighted by molar-refractivity contribution is 5.98. The molecule has 1 saturated carbocycles. The van der Waals surface area contributed by atoms with E-state index < -0.39 is 0 Å². The second kappa shape index (κ2) is 5.29. The van der Waals surface area contributed by atoms with Crippen LogP contribution in [0.1, 0.15) is 37.0 Å². The van der Waals surface area contributed by atoms with Gasteiger partial charge < -0.3 is 15.8 Å². The molecule has 0 aromatic heterocycles. The predicted octanol–water partition coefficient (Wildman–Crippen LogP) is 2.66. The summed E-state index contributed by atoms with van der Waals surface area (Å²) in [4.78, 5) is 11.7. The van der Waals surface area contributed by atoms with Gasteiger partial charge in [0, 0.05) is 6.04 Å². The molecule has 1 aliphatic rings. The lowest BCUT2D eigenvalue weighted by Crippen LogP contribution is -2.19. The number of para-hydroxylation sites is 1. The Morgan fingerprint density at radius 2 is 2.28 bits per heavy atom. The molecule has 0 saturated heterocycles. The van der Waals surface area contributed by atoms with Crippen molar-refractivity contribution in [2.45, 2.75) is 32.7 Å². The molecular formula is C14H20N2O2. The standard InChI is InChI=1S/C14H20N2O2/c1-3-18-14(17)11-5-4-6-12(13(11)15)16-9(2)10-7-8-10/h4-6,9-10,16H,3,7-8,15H2,1-2H3. The maximum Gasteiger partial charge on any atom is 0.340 e. The number of rotatable bonds is 5. The minimum Gasteiger partial charge on any atom is -0.462 e. The number of nitrogen functional groups attached to an aromatic ring is 1. The average molecular weight is 248 g/mol. The number of ether oxygens (including phenoxy) is 1. The second-order valence-electron chi connectivity index (χ2n) is 4.76. The quantitative estimate of drug-likeness (QED) is 0.621. The summed E-state index contributed by atoms with van der Waals surface area (Å²) in [6, 6.07) is 5.81. The SMILES string of the molecule is CCOC(=O)c1cccc(NC(C)C2CC2)c1N. The predicted molar refractivity (Wildman–Crippen MR) is 72.6 cm³/mol. The first-order chi connectivity index (χ1) is 8.63. The minimum atomic E-state index is -0.363. The maximum atomic E-state index is 11.7. The van der Waals surface area contributed by atoms with Gasteiger partial charge >= 0.3 is 5.97 Å². The molecular weight excluding hydrogens is 228 g/mol. The van der Waals surface area contributed by atoms with E-state index in [9.17, 15) is 4.79 Å². The van der Waals surface area contributed by atoms with Gasteiger partial charge in [-0.1, -0.05) is 6.07 Å². The number of esters is 1. The van der Waals surface area contributed by atoms with E-state index in [1.165, 1.54) is 12.8 Å². The summed E-state index contributed by atoms with van der Waals surface area (Å²) in [6.07, 6.45) is 2.54. The molecule has 4 heteroatoms. The number of anilines is 2. The van der Waals surface area contributed by atoms with Crippen LogP contribution in [0.5, 0.6) is 0 Å². The molecule has 2 rings (SSSR count). The van der Waals surface area contributed by atoms with E-state index in [1.807, 2.05) is 12.1 Å². The van der Waals surface area contributed by atoms with Crippen LogP contribution in [0.15, 0.2) is 18.2 Å². The van der Waals surface area contributed by atoms with Crippen LogP contribution >= 0.6 is 0 Å². The fourth-order valence-corrected chi connectivity index (χ4v) is 2.04. The Bertz CT molecular complexity index is 441. The van der Waals surface area contributed by atoms with Gasteiger partial charge in [-0.25, -0.2) is 4.79 Å². The van der Waals surface area contributed by atoms with Gasteiger partial charge in [0.2, 0.25) is 0 Å². The molecule has 1 aromatic carbocycles. The van der Waals surface area contributed by atoms with Crippen LogP contribution in [0.25, 0.3) is 0 Å². The maximum absolute atomic E-state index is 11.7. The summed E-state index contributed by atoms with van der Waals surface area (Å²) in [5.41, 5.74) is 7.75. The third kappa shape index (κ3) is 2.75. The van der Waals surface area contributed by atoms with E-state index in [2.05, 4.69) is 12.2 Å². The van der Waals surface area contributed by atoms with Gasteiger partial charge in [-0.2, -0.15) is 0 Å². The minimum absolute atomic E-state index is 0.356. The Morgan fingerprint density at radius 3 is 2.89 bits per heavy atom. The molecule has 4 nitrogen and oxygen atoms in total. The van der Waals surface area contributed by atoms with Crippen molar-refractivity contribution >= 4 is 17.3 Å². The number of carbonyl (C=O) groups is 1. The van der Waals surface area contributed by atoms with E-state index in [1.54, 1.807) is 13.0 Å². The Hall–Kier alpha value is -1.71. The van der Waals surface area contributed by atoms with Gasteiger partial charge in [-0.15, -0.1) is 0 Å². The van der Waals surface area contributed by atoms with Gasteiger partial charge in [-0.3, -0.25) is 0 Å². The molecule has 0 radical (unpaired) electrons. The molecule has 0 heterocycles. The van der Waals surface area contributed by atoms with Crippen molar-refractivity contribution in [3.63, 3.8) is 0 Å². The molecule has 0 aliphatic heterocycles. The monoisotopic (exact) mass is 248 g/mol. The summed E-state index contributed by atoms with van der Waals surface area (Å²) in [5, 5.41) is 3.38. The van der Waals surface area contributed by atoms with Gasteiger partial charge in [0.15, 0.2) is 0 Å². The Labute approximate surface area is 108 Å². The molecule has 3 N–H and O–H groups in total. The average Bonchev–Trinajstić information content (AvgIpc) is 3.16. The van der Waals surface area contributed by atoms with Crippen molar-refractivity contribution in [1.82, 2.24) is 0 Å². The topological polar surface area (TPSA) is 64.3 Å². The zero-order valence-corrected chi connectivity index (χ0v) is 10.9. The van der Waals surface area contributed by atoms with Crippen molar-refractivity contribution < 1.29 is 9.53 Å². The van der Waals surface area contributed by atoms with Crippen molar-refractivity contribution in [1.29, 1.82) is 0 Å². The van der Waals surface area contributed by atoms with Crippen LogP contribution in [0.2, 0.25) is 0 Å². The first-order valence-corrected chi connectivity index (χ1v) is 6.45. The highest BCUT2D eigenvalue weighted by Gasteiger charge is 2.28. The smallest absolute Gasteiger partial charge is 0.340 e. The number of nitrogens with two attached hydrogens (primary N) is 1. The molecule has 0 amide bonds. The van der Waals surface area contributed by atoms with Crippen LogP contribution < -0.4 is 11.1 Å². The fourth-order valence-electron chi connectivity index (χ4n) is 2.04. The number of nitrogens with one attached hydrogen (secondary N) is 1. The molecule has 1 fully saturated rings. The Morgan fingerprint density at radius 1 is 1.56 bits per heavy atom. The van der Waals surface area contributed by atoms with Gasteiger partial charge in [-0.05, 0) is 44.7 Å². The lowest BCUT2D eigenvalue weighted by atomic mass is 10.1. The normalized spacial score (nSPS) is 16.1. The molecule has 1 unspecified atom stereocenters. The molecule has 98 valence electrons. The van der Waals surface area contributed by atoms with Gasteiger partial charge in [0.1, 0.15) is 0 Å². The summed E-state index contributed by atoms with van der Waals surface area (Å²) < 4.78 is 4.98.